The van der Waals surface area contributed by atoms with Gasteiger partial charge in [0.15, 0.2) is 11.5 Å². The highest BCUT2D eigenvalue weighted by Crippen LogP contribution is 2.33. The van der Waals surface area contributed by atoms with Crippen LogP contribution in [0.1, 0.15) is 11.5 Å². The fourth-order valence-electron chi connectivity index (χ4n) is 2.42. The van der Waals surface area contributed by atoms with Gasteiger partial charge in [-0.1, -0.05) is 17.7 Å². The van der Waals surface area contributed by atoms with Crippen molar-refractivity contribution in [1.82, 2.24) is 14.9 Å². The third-order valence-electron chi connectivity index (χ3n) is 3.83. The summed E-state index contributed by atoms with van der Waals surface area (Å²) in [5.74, 6) is 1.42. The summed E-state index contributed by atoms with van der Waals surface area (Å²) in [5.41, 5.74) is 1.89. The van der Waals surface area contributed by atoms with E-state index in [-0.39, 0.29) is 24.1 Å². The number of sulfonamides is 1. The highest BCUT2D eigenvalue weighted by atomic mass is 32.2. The molecule has 1 aromatic heterocycles. The number of hydrogen-bond donors (Lipinski definition) is 1. The zero-order chi connectivity index (χ0) is 18.1. The zero-order valence-electron chi connectivity index (χ0n) is 13.8. The molecule has 0 bridgehead atoms. The van der Waals surface area contributed by atoms with E-state index in [0.717, 1.165) is 11.1 Å². The van der Waals surface area contributed by atoms with Gasteiger partial charge in [0, 0.05) is 11.6 Å². The minimum Gasteiger partial charge on any atom is -0.454 e. The normalized spacial score (nSPS) is 13.1. The standard InChI is InChI=1S/C17H15N3O5S/c1-11-2-4-12(5-3-11)17-20-19-16(25-17)9-18-26(21,22)13-6-7-14-15(8-13)24-10-23-14/h2-8,18H,9-10H2,1H3. The molecule has 0 amide bonds. The Morgan fingerprint density at radius 2 is 1.81 bits per heavy atom. The van der Waals surface area contributed by atoms with Crippen molar-refractivity contribution < 1.29 is 22.3 Å². The lowest BCUT2D eigenvalue weighted by molar-refractivity contribution is 0.174. The lowest BCUT2D eigenvalue weighted by Crippen LogP contribution is -2.23. The van der Waals surface area contributed by atoms with Gasteiger partial charge in [0.05, 0.1) is 11.4 Å². The Balaban J connectivity index is 1.47. The van der Waals surface area contributed by atoms with Crippen molar-refractivity contribution in [2.45, 2.75) is 18.4 Å². The predicted octanol–water partition coefficient (Wildman–Crippen LogP) is 2.25. The molecule has 0 radical (unpaired) electrons. The van der Waals surface area contributed by atoms with Crippen molar-refractivity contribution in [2.75, 3.05) is 6.79 Å². The summed E-state index contributed by atoms with van der Waals surface area (Å²) >= 11 is 0. The van der Waals surface area contributed by atoms with Crippen LogP contribution >= 0.6 is 0 Å². The van der Waals surface area contributed by atoms with Crippen molar-refractivity contribution >= 4 is 10.0 Å². The van der Waals surface area contributed by atoms with Crippen LogP contribution in [-0.2, 0) is 16.6 Å². The van der Waals surface area contributed by atoms with Crippen LogP contribution in [0.15, 0.2) is 51.8 Å². The van der Waals surface area contributed by atoms with E-state index in [4.69, 9.17) is 13.9 Å². The predicted molar refractivity (Wildman–Crippen MR) is 91.1 cm³/mol. The van der Waals surface area contributed by atoms with Crippen molar-refractivity contribution in [3.8, 4) is 23.0 Å². The molecule has 1 aliphatic heterocycles. The maximum Gasteiger partial charge on any atom is 0.247 e. The average molecular weight is 373 g/mol. The highest BCUT2D eigenvalue weighted by molar-refractivity contribution is 7.89. The number of fused-ring (bicyclic) bond motifs is 1. The van der Waals surface area contributed by atoms with Crippen molar-refractivity contribution in [3.63, 3.8) is 0 Å². The van der Waals surface area contributed by atoms with E-state index in [1.54, 1.807) is 6.07 Å². The van der Waals surface area contributed by atoms with Gasteiger partial charge in [-0.25, -0.2) is 13.1 Å². The molecule has 4 rings (SSSR count). The van der Waals surface area contributed by atoms with Crippen LogP contribution in [0.2, 0.25) is 0 Å². The Morgan fingerprint density at radius 3 is 2.62 bits per heavy atom. The molecule has 0 saturated heterocycles. The second kappa shape index (κ2) is 6.43. The van der Waals surface area contributed by atoms with Gasteiger partial charge in [-0.2, -0.15) is 0 Å². The van der Waals surface area contributed by atoms with Crippen LogP contribution in [0, 0.1) is 6.92 Å². The molecule has 26 heavy (non-hydrogen) atoms. The monoisotopic (exact) mass is 373 g/mol. The van der Waals surface area contributed by atoms with E-state index in [1.165, 1.54) is 12.1 Å². The Labute approximate surface area is 149 Å². The summed E-state index contributed by atoms with van der Waals surface area (Å²) in [6.45, 7) is 1.94. The molecule has 8 nitrogen and oxygen atoms in total. The van der Waals surface area contributed by atoms with Crippen LogP contribution < -0.4 is 14.2 Å². The minimum atomic E-state index is -3.75. The van der Waals surface area contributed by atoms with E-state index < -0.39 is 10.0 Å². The summed E-state index contributed by atoms with van der Waals surface area (Å²) in [6.07, 6.45) is 0. The summed E-state index contributed by atoms with van der Waals surface area (Å²) in [7, 11) is -3.75. The van der Waals surface area contributed by atoms with Gasteiger partial charge >= 0.3 is 0 Å². The zero-order valence-corrected chi connectivity index (χ0v) is 14.6. The quantitative estimate of drug-likeness (QED) is 0.731. The molecule has 134 valence electrons. The number of hydrogen-bond acceptors (Lipinski definition) is 7. The van der Waals surface area contributed by atoms with Crippen molar-refractivity contribution in [1.29, 1.82) is 0 Å². The van der Waals surface area contributed by atoms with Crippen LogP contribution in [0.4, 0.5) is 0 Å². The molecule has 0 atom stereocenters. The van der Waals surface area contributed by atoms with Crippen LogP contribution in [-0.4, -0.2) is 25.4 Å². The molecule has 3 aromatic rings. The number of aryl methyl sites for hydroxylation is 1. The topological polar surface area (TPSA) is 104 Å². The smallest absolute Gasteiger partial charge is 0.247 e. The molecule has 1 aliphatic rings. The van der Waals surface area contributed by atoms with Crippen molar-refractivity contribution in [2.24, 2.45) is 0 Å². The Bertz CT molecular complexity index is 1040. The first kappa shape index (κ1) is 16.6. The van der Waals surface area contributed by atoms with Gasteiger partial charge in [0.2, 0.25) is 28.6 Å². The molecule has 0 unspecified atom stereocenters. The molecule has 0 fully saturated rings. The molecule has 0 saturated carbocycles. The maximum atomic E-state index is 12.4. The molecular formula is C17H15N3O5S. The van der Waals surface area contributed by atoms with Gasteiger partial charge < -0.3 is 13.9 Å². The molecule has 2 heterocycles. The van der Waals surface area contributed by atoms with Crippen LogP contribution in [0.5, 0.6) is 11.5 Å². The van der Waals surface area contributed by atoms with Crippen LogP contribution in [0.3, 0.4) is 0 Å². The minimum absolute atomic E-state index is 0.0695. The summed E-state index contributed by atoms with van der Waals surface area (Å²) < 4.78 is 43.2. The summed E-state index contributed by atoms with van der Waals surface area (Å²) in [6, 6.07) is 12.0. The lowest BCUT2D eigenvalue weighted by Gasteiger charge is -2.05. The molecule has 1 N–H and O–H groups in total. The van der Waals surface area contributed by atoms with E-state index in [2.05, 4.69) is 14.9 Å². The Kier molecular flexibility index (Phi) is 4.09. The fourth-order valence-corrected chi connectivity index (χ4v) is 3.41. The summed E-state index contributed by atoms with van der Waals surface area (Å²) in [4.78, 5) is 0.0695. The largest absolute Gasteiger partial charge is 0.454 e. The van der Waals surface area contributed by atoms with Gasteiger partial charge in [-0.05, 0) is 31.2 Å². The Hall–Kier alpha value is -2.91. The average Bonchev–Trinajstić information content (AvgIpc) is 3.29. The maximum absolute atomic E-state index is 12.4. The second-order valence-corrected chi connectivity index (χ2v) is 7.47. The van der Waals surface area contributed by atoms with E-state index >= 15 is 0 Å². The number of benzene rings is 2. The van der Waals surface area contributed by atoms with Crippen LogP contribution in [0.25, 0.3) is 11.5 Å². The fraction of sp³-hybridized carbons (Fsp3) is 0.176. The number of rotatable bonds is 5. The van der Waals surface area contributed by atoms with E-state index in [1.807, 2.05) is 31.2 Å². The van der Waals surface area contributed by atoms with Crippen molar-refractivity contribution in [3.05, 3.63) is 53.9 Å². The molecule has 2 aromatic carbocycles. The first-order chi connectivity index (χ1) is 12.5. The SMILES string of the molecule is Cc1ccc(-c2nnc(CNS(=O)(=O)c3ccc4c(c3)OCO4)o2)cc1. The second-order valence-electron chi connectivity index (χ2n) is 5.71. The lowest BCUT2D eigenvalue weighted by atomic mass is 10.1. The highest BCUT2D eigenvalue weighted by Gasteiger charge is 2.21. The molecule has 0 aliphatic carbocycles. The van der Waals surface area contributed by atoms with E-state index in [0.29, 0.717) is 17.4 Å². The van der Waals surface area contributed by atoms with Gasteiger partial charge in [0.1, 0.15) is 0 Å². The number of aromatic nitrogens is 2. The molecular weight excluding hydrogens is 358 g/mol. The first-order valence-electron chi connectivity index (χ1n) is 7.80. The molecule has 0 spiro atoms. The number of ether oxygens (including phenoxy) is 2. The molecule has 9 heteroatoms. The third kappa shape index (κ3) is 3.26. The van der Waals surface area contributed by atoms with Gasteiger partial charge in [-0.15, -0.1) is 10.2 Å². The summed E-state index contributed by atoms with van der Waals surface area (Å²) in [5, 5.41) is 7.83. The number of nitrogens with one attached hydrogen (secondary N) is 1. The van der Waals surface area contributed by atoms with E-state index in [9.17, 15) is 8.42 Å². The first-order valence-corrected chi connectivity index (χ1v) is 9.28. The Morgan fingerprint density at radius 1 is 1.04 bits per heavy atom. The third-order valence-corrected chi connectivity index (χ3v) is 5.23. The van der Waals surface area contributed by atoms with Gasteiger partial charge in [-0.3, -0.25) is 0 Å². The number of nitrogens with zero attached hydrogens (tertiary/aromatic N) is 2. The van der Waals surface area contributed by atoms with Gasteiger partial charge in [0.25, 0.3) is 0 Å².